The van der Waals surface area contributed by atoms with Gasteiger partial charge in [0.1, 0.15) is 5.82 Å². The number of nitrogens with zero attached hydrogens (tertiary/aromatic N) is 1. The van der Waals surface area contributed by atoms with Gasteiger partial charge in [0.15, 0.2) is 0 Å². The minimum atomic E-state index is -0.121. The summed E-state index contributed by atoms with van der Waals surface area (Å²) < 4.78 is 19.2. The first-order valence-corrected chi connectivity index (χ1v) is 7.98. The van der Waals surface area contributed by atoms with Crippen LogP contribution in [-0.4, -0.2) is 33.4 Å². The lowest BCUT2D eigenvalue weighted by atomic mass is 9.85. The van der Waals surface area contributed by atoms with Crippen molar-refractivity contribution in [1.29, 1.82) is 0 Å². The summed E-state index contributed by atoms with van der Waals surface area (Å²) in [5.74, 6) is 0.659. The van der Waals surface area contributed by atoms with E-state index in [0.29, 0.717) is 13.2 Å². The molecule has 1 aliphatic carbocycles. The molecule has 1 aliphatic rings. The van der Waals surface area contributed by atoms with Gasteiger partial charge in [-0.2, -0.15) is 0 Å². The van der Waals surface area contributed by atoms with Gasteiger partial charge in [-0.1, -0.05) is 12.5 Å². The molecule has 0 radical (unpaired) electrons. The molecule has 0 heterocycles. The number of benzene rings is 1. The van der Waals surface area contributed by atoms with Crippen LogP contribution < -0.4 is 10.2 Å². The second-order valence-electron chi connectivity index (χ2n) is 5.74. The molecule has 1 aromatic carbocycles. The number of hydrogen-bond acceptors (Lipinski definition) is 3. The van der Waals surface area contributed by atoms with Gasteiger partial charge in [-0.15, -0.1) is 0 Å². The maximum atomic E-state index is 14.2. The topological polar surface area (TPSA) is 24.5 Å². The van der Waals surface area contributed by atoms with Crippen molar-refractivity contribution in [3.05, 3.63) is 29.6 Å². The summed E-state index contributed by atoms with van der Waals surface area (Å²) in [6.07, 6.45) is 3.97. The van der Waals surface area contributed by atoms with Gasteiger partial charge in [0.25, 0.3) is 0 Å². The number of rotatable bonds is 9. The second-order valence-corrected chi connectivity index (χ2v) is 5.74. The van der Waals surface area contributed by atoms with Crippen LogP contribution in [0.3, 0.4) is 0 Å². The van der Waals surface area contributed by atoms with Crippen molar-refractivity contribution in [3.8, 4) is 0 Å². The minimum Gasteiger partial charge on any atom is -0.383 e. The van der Waals surface area contributed by atoms with E-state index in [1.807, 2.05) is 12.1 Å². The quantitative estimate of drug-likeness (QED) is 0.708. The molecule has 2 rings (SSSR count). The average Bonchev–Trinajstić information content (AvgIpc) is 2.44. The zero-order chi connectivity index (χ0) is 15.1. The minimum absolute atomic E-state index is 0.121. The molecule has 4 heteroatoms. The van der Waals surface area contributed by atoms with Crippen LogP contribution in [0.1, 0.15) is 31.7 Å². The van der Waals surface area contributed by atoms with Gasteiger partial charge in [0, 0.05) is 44.5 Å². The van der Waals surface area contributed by atoms with Crippen molar-refractivity contribution in [2.75, 3.05) is 38.3 Å². The van der Waals surface area contributed by atoms with E-state index >= 15 is 0 Å². The molecule has 21 heavy (non-hydrogen) atoms. The molecule has 0 aliphatic heterocycles. The van der Waals surface area contributed by atoms with Crippen LogP contribution in [0.2, 0.25) is 0 Å². The lowest BCUT2D eigenvalue weighted by Gasteiger charge is -2.34. The van der Waals surface area contributed by atoms with Crippen molar-refractivity contribution in [1.82, 2.24) is 5.32 Å². The highest BCUT2D eigenvalue weighted by Gasteiger charge is 2.22. The van der Waals surface area contributed by atoms with Gasteiger partial charge in [0.05, 0.1) is 6.61 Å². The molecule has 118 valence electrons. The highest BCUT2D eigenvalue weighted by molar-refractivity contribution is 5.54. The number of halogens is 1. The fourth-order valence-corrected chi connectivity index (χ4v) is 2.79. The predicted octanol–water partition coefficient (Wildman–Crippen LogP) is 3.19. The van der Waals surface area contributed by atoms with Gasteiger partial charge in [-0.05, 0) is 37.8 Å². The lowest BCUT2D eigenvalue weighted by molar-refractivity contribution is 0.199. The average molecular weight is 294 g/mol. The predicted molar refractivity (Wildman–Crippen MR) is 85.2 cm³/mol. The maximum Gasteiger partial charge on any atom is 0.129 e. The Morgan fingerprint density at radius 2 is 2.19 bits per heavy atom. The largest absolute Gasteiger partial charge is 0.383 e. The molecule has 1 saturated carbocycles. The second kappa shape index (κ2) is 8.35. The monoisotopic (exact) mass is 294 g/mol. The van der Waals surface area contributed by atoms with Crippen molar-refractivity contribution < 1.29 is 9.13 Å². The number of anilines is 1. The van der Waals surface area contributed by atoms with Crippen molar-refractivity contribution in [2.24, 2.45) is 5.92 Å². The van der Waals surface area contributed by atoms with Gasteiger partial charge in [0.2, 0.25) is 0 Å². The molecular weight excluding hydrogens is 267 g/mol. The maximum absolute atomic E-state index is 14.2. The van der Waals surface area contributed by atoms with Crippen LogP contribution in [-0.2, 0) is 11.3 Å². The Bertz CT molecular complexity index is 435. The third-order valence-electron chi connectivity index (χ3n) is 4.30. The van der Waals surface area contributed by atoms with E-state index in [-0.39, 0.29) is 5.82 Å². The number of hydrogen-bond donors (Lipinski definition) is 1. The first kappa shape index (κ1) is 16.2. The van der Waals surface area contributed by atoms with Crippen molar-refractivity contribution >= 4 is 5.69 Å². The third-order valence-corrected chi connectivity index (χ3v) is 4.30. The molecule has 1 N–H and O–H groups in total. The molecule has 0 saturated heterocycles. The zero-order valence-corrected chi connectivity index (χ0v) is 13.2. The number of ether oxygens (including phenoxy) is 1. The summed E-state index contributed by atoms with van der Waals surface area (Å²) in [4.78, 5) is 2.32. The summed E-state index contributed by atoms with van der Waals surface area (Å²) in [5.41, 5.74) is 1.81. The van der Waals surface area contributed by atoms with Crippen LogP contribution in [0.25, 0.3) is 0 Å². The molecule has 1 aromatic rings. The van der Waals surface area contributed by atoms with Crippen molar-refractivity contribution in [3.63, 3.8) is 0 Å². The zero-order valence-electron chi connectivity index (χ0n) is 13.2. The first-order valence-electron chi connectivity index (χ1n) is 7.98. The molecule has 0 bridgehead atoms. The Morgan fingerprint density at radius 1 is 1.38 bits per heavy atom. The van der Waals surface area contributed by atoms with Crippen LogP contribution in [0.15, 0.2) is 18.2 Å². The smallest absolute Gasteiger partial charge is 0.129 e. The van der Waals surface area contributed by atoms with Crippen LogP contribution >= 0.6 is 0 Å². The van der Waals surface area contributed by atoms with Crippen LogP contribution in [0, 0.1) is 11.7 Å². The Labute approximate surface area is 127 Å². The summed E-state index contributed by atoms with van der Waals surface area (Å²) in [6.45, 7) is 6.04. The summed E-state index contributed by atoms with van der Waals surface area (Å²) in [6, 6.07) is 5.40. The number of nitrogens with one attached hydrogen (secondary N) is 1. The summed E-state index contributed by atoms with van der Waals surface area (Å²) in [7, 11) is 1.67. The van der Waals surface area contributed by atoms with Crippen LogP contribution in [0.4, 0.5) is 10.1 Å². The summed E-state index contributed by atoms with van der Waals surface area (Å²) >= 11 is 0. The molecule has 0 atom stereocenters. The fraction of sp³-hybridized carbons (Fsp3) is 0.647. The van der Waals surface area contributed by atoms with Gasteiger partial charge in [-0.25, -0.2) is 4.39 Å². The summed E-state index contributed by atoms with van der Waals surface area (Å²) in [5, 5.41) is 3.25. The Balaban J connectivity index is 2.06. The standard InChI is InChI=1S/C17H27FN2O/c1-3-20(13-14-6-4-7-14)17-9-5-8-16(18)15(17)12-19-10-11-21-2/h5,8-9,14,19H,3-4,6-7,10-13H2,1-2H3. The molecular formula is C17H27FN2O. The highest BCUT2D eigenvalue weighted by Crippen LogP contribution is 2.30. The molecule has 1 fully saturated rings. The Hall–Kier alpha value is -1.13. The first-order chi connectivity index (χ1) is 10.3. The SMILES string of the molecule is CCN(CC1CCC1)c1cccc(F)c1CNCCOC. The lowest BCUT2D eigenvalue weighted by Crippen LogP contribution is -2.33. The van der Waals surface area contributed by atoms with Crippen molar-refractivity contribution in [2.45, 2.75) is 32.7 Å². The van der Waals surface area contributed by atoms with E-state index in [2.05, 4.69) is 17.1 Å². The Morgan fingerprint density at radius 3 is 2.81 bits per heavy atom. The molecule has 0 unspecified atom stereocenters. The molecule has 0 spiro atoms. The third kappa shape index (κ3) is 4.42. The van der Waals surface area contributed by atoms with Gasteiger partial charge in [-0.3, -0.25) is 0 Å². The van der Waals surface area contributed by atoms with E-state index in [1.165, 1.54) is 19.3 Å². The number of methoxy groups -OCH3 is 1. The van der Waals surface area contributed by atoms with Gasteiger partial charge < -0.3 is 15.0 Å². The molecule has 0 amide bonds. The van der Waals surface area contributed by atoms with E-state index < -0.39 is 0 Å². The highest BCUT2D eigenvalue weighted by atomic mass is 19.1. The van der Waals surface area contributed by atoms with E-state index in [9.17, 15) is 4.39 Å². The Kier molecular flexibility index (Phi) is 6.46. The van der Waals surface area contributed by atoms with E-state index in [1.54, 1.807) is 13.2 Å². The van der Waals surface area contributed by atoms with E-state index in [4.69, 9.17) is 4.74 Å². The van der Waals surface area contributed by atoms with E-state index in [0.717, 1.165) is 36.8 Å². The van der Waals surface area contributed by atoms with Gasteiger partial charge >= 0.3 is 0 Å². The normalized spacial score (nSPS) is 15.0. The van der Waals surface area contributed by atoms with Crippen LogP contribution in [0.5, 0.6) is 0 Å². The molecule has 3 nitrogen and oxygen atoms in total. The molecule has 0 aromatic heterocycles. The fourth-order valence-electron chi connectivity index (χ4n) is 2.79.